The Kier molecular flexibility index (Phi) is 7.78. The van der Waals surface area contributed by atoms with Gasteiger partial charge in [0.15, 0.2) is 18.4 Å². The Morgan fingerprint density at radius 1 is 1.18 bits per heavy atom. The number of alkyl carbamates (subject to hydrolysis) is 1. The van der Waals surface area contributed by atoms with E-state index in [0.29, 0.717) is 25.9 Å². The van der Waals surface area contributed by atoms with E-state index in [-0.39, 0.29) is 17.9 Å². The van der Waals surface area contributed by atoms with Crippen molar-refractivity contribution in [1.29, 1.82) is 0 Å². The molecule has 2 heterocycles. The second-order valence-electron chi connectivity index (χ2n) is 11.2. The maximum atomic E-state index is 13.5. The van der Waals surface area contributed by atoms with Crippen molar-refractivity contribution in [3.63, 3.8) is 0 Å². The molecule has 1 aliphatic carbocycles. The predicted molar refractivity (Wildman–Crippen MR) is 148 cm³/mol. The number of para-hydroxylation sites is 1. The average Bonchev–Trinajstić information content (AvgIpc) is 3.29. The lowest BCUT2D eigenvalue weighted by atomic mass is 9.78. The first kappa shape index (κ1) is 27.3. The summed E-state index contributed by atoms with van der Waals surface area (Å²) in [6.45, 7) is 5.23. The number of carbonyl (C=O) groups is 2. The van der Waals surface area contributed by atoms with Gasteiger partial charge in [0.25, 0.3) is 0 Å². The van der Waals surface area contributed by atoms with Crippen LogP contribution in [0.15, 0.2) is 42.5 Å². The van der Waals surface area contributed by atoms with Crippen molar-refractivity contribution in [1.82, 2.24) is 5.32 Å². The molecule has 208 valence electrons. The summed E-state index contributed by atoms with van der Waals surface area (Å²) in [5, 5.41) is 2.78. The number of aryl methyl sites for hydroxylation is 2. The van der Waals surface area contributed by atoms with E-state index in [1.54, 1.807) is 0 Å². The maximum Gasteiger partial charge on any atom is 0.406 e. The summed E-state index contributed by atoms with van der Waals surface area (Å²) in [5.41, 5.74) is 7.92. The predicted octanol–water partition coefficient (Wildman–Crippen LogP) is 4.73. The van der Waals surface area contributed by atoms with Crippen molar-refractivity contribution in [2.75, 3.05) is 20.2 Å². The number of amides is 2. The van der Waals surface area contributed by atoms with E-state index in [9.17, 15) is 9.59 Å². The van der Waals surface area contributed by atoms with Gasteiger partial charge in [-0.3, -0.25) is 0 Å². The van der Waals surface area contributed by atoms with E-state index >= 15 is 0 Å². The second-order valence-corrected chi connectivity index (χ2v) is 11.2. The topological polar surface area (TPSA) is 106 Å². The first-order valence-corrected chi connectivity index (χ1v) is 14.1. The molecule has 2 fully saturated rings. The number of nitrogens with one attached hydrogen (secondary N) is 1. The Morgan fingerprint density at radius 2 is 2.00 bits per heavy atom. The monoisotopic (exact) mass is 534 g/mol. The lowest BCUT2D eigenvalue weighted by molar-refractivity contribution is -0.456. The summed E-state index contributed by atoms with van der Waals surface area (Å²) >= 11 is 0. The van der Waals surface area contributed by atoms with E-state index in [1.165, 1.54) is 7.11 Å². The highest BCUT2D eigenvalue weighted by Crippen LogP contribution is 2.63. The van der Waals surface area contributed by atoms with Gasteiger partial charge in [0.05, 0.1) is 13.0 Å². The minimum atomic E-state index is -0.680. The third kappa shape index (κ3) is 5.45. The van der Waals surface area contributed by atoms with Crippen molar-refractivity contribution < 1.29 is 28.4 Å². The molecule has 39 heavy (non-hydrogen) atoms. The summed E-state index contributed by atoms with van der Waals surface area (Å²) in [6.07, 6.45) is 7.05. The van der Waals surface area contributed by atoms with Crippen LogP contribution in [0.2, 0.25) is 0 Å². The molecule has 2 aliphatic heterocycles. The van der Waals surface area contributed by atoms with Crippen molar-refractivity contribution in [2.24, 2.45) is 11.7 Å². The van der Waals surface area contributed by atoms with Gasteiger partial charge in [0.2, 0.25) is 0 Å². The zero-order valence-electron chi connectivity index (χ0n) is 23.2. The Hall–Kier alpha value is -3.23. The van der Waals surface area contributed by atoms with Crippen LogP contribution in [0.1, 0.15) is 61.6 Å². The SMILES string of the molecule is COC(=O)NCCC[C@]1(c2cccc(C)c2Oc2cccc(C)c2)O[C@]12C=[N+](C(=O)[C@@H]1CC[C@H](N)C1)CCC2. The minimum Gasteiger partial charge on any atom is -0.457 e. The number of rotatable bonds is 8. The molecular formula is C31H40N3O5+. The number of ether oxygens (including phenoxy) is 3. The van der Waals surface area contributed by atoms with Crippen LogP contribution in [-0.4, -0.2) is 54.6 Å². The molecule has 1 saturated heterocycles. The Morgan fingerprint density at radius 3 is 2.74 bits per heavy atom. The number of carbonyl (C=O) groups excluding carboxylic acids is 2. The highest BCUT2D eigenvalue weighted by Gasteiger charge is 2.73. The van der Waals surface area contributed by atoms with Gasteiger partial charge < -0.3 is 25.3 Å². The molecule has 3 N–H and O–H groups in total. The van der Waals surface area contributed by atoms with Gasteiger partial charge in [-0.15, -0.1) is 0 Å². The van der Waals surface area contributed by atoms with E-state index in [2.05, 4.69) is 11.4 Å². The largest absolute Gasteiger partial charge is 0.457 e. The number of epoxide rings is 1. The van der Waals surface area contributed by atoms with Crippen LogP contribution in [-0.2, 0) is 19.9 Å². The standard InChI is InChI=1S/C31H39N3O5/c1-21-8-4-10-25(18-21)38-27-22(2)9-5-11-26(27)31(15-6-16-33-29(36)37-3)30(39-31)14-7-17-34(20-30)28(35)23-12-13-24(32)19-23/h4-5,8-11,18,20,23-24H,6-7,12-17,19,32H2,1-3H3/p+1/t23-,24+,30-,31-/m1/s1. The molecule has 5 rings (SSSR count). The van der Waals surface area contributed by atoms with Crippen LogP contribution in [0.4, 0.5) is 4.79 Å². The number of methoxy groups -OCH3 is 1. The maximum absolute atomic E-state index is 13.5. The molecule has 1 spiro atoms. The van der Waals surface area contributed by atoms with Crippen molar-refractivity contribution >= 4 is 18.2 Å². The van der Waals surface area contributed by atoms with Gasteiger partial charge in [-0.25, -0.2) is 9.59 Å². The van der Waals surface area contributed by atoms with Crippen LogP contribution in [0, 0.1) is 19.8 Å². The van der Waals surface area contributed by atoms with Crippen LogP contribution < -0.4 is 15.8 Å². The van der Waals surface area contributed by atoms with E-state index in [1.807, 2.05) is 61.0 Å². The zero-order valence-corrected chi connectivity index (χ0v) is 23.2. The molecular weight excluding hydrogens is 494 g/mol. The molecule has 0 bridgehead atoms. The first-order chi connectivity index (χ1) is 18.8. The molecule has 4 atom stereocenters. The molecule has 8 nitrogen and oxygen atoms in total. The van der Waals surface area contributed by atoms with Crippen molar-refractivity contribution in [3.8, 4) is 11.5 Å². The van der Waals surface area contributed by atoms with E-state index in [4.69, 9.17) is 19.9 Å². The minimum absolute atomic E-state index is 0.0250. The molecule has 0 radical (unpaired) electrons. The average molecular weight is 535 g/mol. The Labute approximate surface area is 230 Å². The molecule has 2 aromatic carbocycles. The molecule has 0 aromatic heterocycles. The van der Waals surface area contributed by atoms with Gasteiger partial charge in [-0.2, -0.15) is 4.58 Å². The van der Waals surface area contributed by atoms with Crippen molar-refractivity contribution in [3.05, 3.63) is 59.2 Å². The molecule has 1 saturated carbocycles. The Balaban J connectivity index is 1.49. The molecule has 2 amide bonds. The van der Waals surface area contributed by atoms with Gasteiger partial charge in [-0.05, 0) is 75.6 Å². The summed E-state index contributed by atoms with van der Waals surface area (Å²) < 4.78 is 19.9. The lowest BCUT2D eigenvalue weighted by Gasteiger charge is -2.23. The van der Waals surface area contributed by atoms with Gasteiger partial charge in [0, 0.05) is 24.6 Å². The molecule has 8 heteroatoms. The quantitative estimate of drug-likeness (QED) is 0.288. The fraction of sp³-hybridized carbons (Fsp3) is 0.516. The smallest absolute Gasteiger partial charge is 0.406 e. The van der Waals surface area contributed by atoms with Crippen molar-refractivity contribution in [2.45, 2.75) is 76.0 Å². The summed E-state index contributed by atoms with van der Waals surface area (Å²) in [6, 6.07) is 14.3. The fourth-order valence-electron chi connectivity index (χ4n) is 6.39. The summed E-state index contributed by atoms with van der Waals surface area (Å²) in [4.78, 5) is 25.1. The first-order valence-electron chi connectivity index (χ1n) is 14.1. The number of benzene rings is 2. The third-order valence-electron chi connectivity index (χ3n) is 8.43. The molecule has 0 unspecified atom stereocenters. The van der Waals surface area contributed by atoms with E-state index < -0.39 is 17.3 Å². The number of nitrogens with zero attached hydrogens (tertiary/aromatic N) is 1. The van der Waals surface area contributed by atoms with Gasteiger partial charge >= 0.3 is 12.0 Å². The molecule has 3 aliphatic rings. The third-order valence-corrected chi connectivity index (χ3v) is 8.43. The Bertz CT molecular complexity index is 1280. The van der Waals surface area contributed by atoms with Crippen LogP contribution >= 0.6 is 0 Å². The number of hydrogen-bond acceptors (Lipinski definition) is 6. The molecule has 2 aromatic rings. The fourth-order valence-corrected chi connectivity index (χ4v) is 6.39. The second kappa shape index (κ2) is 11.1. The summed E-state index contributed by atoms with van der Waals surface area (Å²) in [7, 11) is 1.36. The van der Waals surface area contributed by atoms with Crippen LogP contribution in [0.25, 0.3) is 0 Å². The van der Waals surface area contributed by atoms with Crippen LogP contribution in [0.5, 0.6) is 11.5 Å². The van der Waals surface area contributed by atoms with E-state index in [0.717, 1.165) is 60.3 Å². The van der Waals surface area contributed by atoms with Gasteiger partial charge in [0.1, 0.15) is 17.1 Å². The van der Waals surface area contributed by atoms with Crippen LogP contribution in [0.3, 0.4) is 0 Å². The highest BCUT2D eigenvalue weighted by molar-refractivity contribution is 5.82. The zero-order chi connectivity index (χ0) is 27.6. The lowest BCUT2D eigenvalue weighted by Crippen LogP contribution is -2.40. The van der Waals surface area contributed by atoms with Gasteiger partial charge in [-0.1, -0.05) is 30.3 Å². The normalized spacial score (nSPS) is 27.6. The summed E-state index contributed by atoms with van der Waals surface area (Å²) in [5.74, 6) is 1.67. The number of hydrogen-bond donors (Lipinski definition) is 2. The number of nitrogens with two attached hydrogens (primary N) is 1. The highest BCUT2D eigenvalue weighted by atomic mass is 16.6.